The van der Waals surface area contributed by atoms with E-state index in [1.165, 1.54) is 14.2 Å². The van der Waals surface area contributed by atoms with Crippen molar-refractivity contribution in [2.24, 2.45) is 0 Å². The van der Waals surface area contributed by atoms with Crippen molar-refractivity contribution < 1.29 is 52.6 Å². The Balaban J connectivity index is 0.000000183. The highest BCUT2D eigenvalue weighted by Gasteiger charge is 2.47. The zero-order chi connectivity index (χ0) is 36.5. The van der Waals surface area contributed by atoms with Gasteiger partial charge >= 0.3 is 11.9 Å². The number of aromatic nitrogens is 2. The minimum atomic E-state index is -0.899. The van der Waals surface area contributed by atoms with Gasteiger partial charge in [-0.1, -0.05) is 12.2 Å². The summed E-state index contributed by atoms with van der Waals surface area (Å²) in [6, 6.07) is 6.60. The largest absolute Gasteiger partial charge is 0.465 e. The quantitative estimate of drug-likeness (QED) is 0.346. The second-order valence-corrected chi connectivity index (χ2v) is 13.9. The molecule has 282 valence electrons. The highest BCUT2D eigenvalue weighted by atomic mass is 16.7. The lowest BCUT2D eigenvalue weighted by molar-refractivity contribution is -0.249. The van der Waals surface area contributed by atoms with Crippen LogP contribution in [-0.2, 0) is 37.9 Å². The summed E-state index contributed by atoms with van der Waals surface area (Å²) in [7, 11) is 2.71. The fraction of sp³-hybridized carbons (Fsp3) is 0.590. The van der Waals surface area contributed by atoms with Crippen LogP contribution in [-0.4, -0.2) is 103 Å². The standard InChI is InChI=1S/C22H29NO6.C17H21NO5/c1-25-20(24)17-6-12-23-18(16-17)5-7-21(29-19-4-2-3-13-26-19)8-10-22(11-9-21)27-14-15-28-22;1-21-15(19)13-3-9-18-14(12-13)2-4-16(20)5-7-17(8-6-16)22-10-11-23-17/h5-7,12,16,19H,2-4,8-11,13-15H2,1H3;2-4,9,12,20H,5-8,10-11H2,1H3/b7-5+;4-2+. The minimum Gasteiger partial charge on any atom is -0.465 e. The first kappa shape index (κ1) is 38.2. The van der Waals surface area contributed by atoms with Crippen LogP contribution in [0.4, 0.5) is 0 Å². The molecule has 3 aliphatic heterocycles. The lowest BCUT2D eigenvalue weighted by Gasteiger charge is -2.44. The van der Waals surface area contributed by atoms with Gasteiger partial charge in [-0.2, -0.15) is 0 Å². The Bertz CT molecular complexity index is 1560. The summed E-state index contributed by atoms with van der Waals surface area (Å²) in [6.07, 6.45) is 19.1. The number of esters is 2. The molecule has 5 fully saturated rings. The second kappa shape index (κ2) is 17.1. The molecule has 2 aliphatic carbocycles. The maximum absolute atomic E-state index is 11.8. The van der Waals surface area contributed by atoms with E-state index in [1.54, 1.807) is 48.8 Å². The van der Waals surface area contributed by atoms with E-state index in [9.17, 15) is 14.7 Å². The molecule has 2 spiro atoms. The predicted molar refractivity (Wildman–Crippen MR) is 188 cm³/mol. The monoisotopic (exact) mass is 722 g/mol. The molecule has 5 aliphatic rings. The van der Waals surface area contributed by atoms with E-state index in [0.29, 0.717) is 74.6 Å². The molecule has 5 heterocycles. The number of hydrogen-bond acceptors (Lipinski definition) is 13. The van der Waals surface area contributed by atoms with Crippen LogP contribution >= 0.6 is 0 Å². The summed E-state index contributed by atoms with van der Waals surface area (Å²) in [4.78, 5) is 31.9. The van der Waals surface area contributed by atoms with Gasteiger partial charge < -0.3 is 43.0 Å². The lowest BCUT2D eigenvalue weighted by Crippen LogP contribution is -2.46. The van der Waals surface area contributed by atoms with Gasteiger partial charge in [0.2, 0.25) is 0 Å². The van der Waals surface area contributed by atoms with Crippen LogP contribution in [0.25, 0.3) is 12.2 Å². The van der Waals surface area contributed by atoms with Crippen molar-refractivity contribution in [2.75, 3.05) is 47.3 Å². The maximum Gasteiger partial charge on any atom is 0.337 e. The molecule has 0 radical (unpaired) electrons. The summed E-state index contributed by atoms with van der Waals surface area (Å²) in [5, 5.41) is 10.7. The van der Waals surface area contributed by atoms with E-state index in [1.807, 2.05) is 6.08 Å². The summed E-state index contributed by atoms with van der Waals surface area (Å²) < 4.78 is 45.0. The third-order valence-corrected chi connectivity index (χ3v) is 10.4. The highest BCUT2D eigenvalue weighted by molar-refractivity contribution is 5.90. The first-order valence-electron chi connectivity index (χ1n) is 18.2. The number of rotatable bonds is 8. The van der Waals surface area contributed by atoms with Crippen LogP contribution < -0.4 is 0 Å². The Labute approximate surface area is 304 Å². The van der Waals surface area contributed by atoms with Crippen molar-refractivity contribution in [2.45, 2.75) is 99.7 Å². The third-order valence-electron chi connectivity index (χ3n) is 10.4. The molecule has 13 heteroatoms. The summed E-state index contributed by atoms with van der Waals surface area (Å²) in [5.41, 5.74) is 0.839. The number of carbonyl (C=O) groups is 2. The van der Waals surface area contributed by atoms with Gasteiger partial charge in [0.15, 0.2) is 17.9 Å². The van der Waals surface area contributed by atoms with Gasteiger partial charge in [-0.05, 0) is 81.4 Å². The first-order chi connectivity index (χ1) is 25.2. The van der Waals surface area contributed by atoms with Gasteiger partial charge in [0.25, 0.3) is 0 Å². The number of hydrogen-bond donors (Lipinski definition) is 1. The van der Waals surface area contributed by atoms with E-state index < -0.39 is 28.7 Å². The van der Waals surface area contributed by atoms with Crippen LogP contribution in [0.15, 0.2) is 48.8 Å². The van der Waals surface area contributed by atoms with Crippen LogP contribution in [0.3, 0.4) is 0 Å². The smallest absolute Gasteiger partial charge is 0.337 e. The van der Waals surface area contributed by atoms with E-state index in [-0.39, 0.29) is 12.3 Å². The summed E-state index contributed by atoms with van der Waals surface area (Å²) in [5.74, 6) is -1.74. The van der Waals surface area contributed by atoms with Crippen LogP contribution in [0, 0.1) is 0 Å². The number of ether oxygens (including phenoxy) is 8. The van der Waals surface area contributed by atoms with Crippen LogP contribution in [0.1, 0.15) is 103 Å². The molecular weight excluding hydrogens is 672 g/mol. The number of carbonyl (C=O) groups excluding carboxylic acids is 2. The van der Waals surface area contributed by atoms with Gasteiger partial charge in [-0.25, -0.2) is 9.59 Å². The Morgan fingerprint density at radius 1 is 0.712 bits per heavy atom. The molecule has 3 saturated heterocycles. The average molecular weight is 723 g/mol. The normalized spacial score (nSPS) is 26.3. The third kappa shape index (κ3) is 9.70. The Morgan fingerprint density at radius 2 is 1.21 bits per heavy atom. The first-order valence-corrected chi connectivity index (χ1v) is 18.2. The maximum atomic E-state index is 11.8. The zero-order valence-electron chi connectivity index (χ0n) is 30.1. The Kier molecular flexibility index (Phi) is 12.5. The average Bonchev–Trinajstić information content (AvgIpc) is 3.86. The van der Waals surface area contributed by atoms with E-state index in [0.717, 1.165) is 51.6 Å². The van der Waals surface area contributed by atoms with Crippen molar-refractivity contribution in [3.05, 3.63) is 71.3 Å². The molecule has 13 nitrogen and oxygen atoms in total. The molecule has 2 aromatic rings. The number of methoxy groups -OCH3 is 2. The molecule has 0 bridgehead atoms. The number of nitrogens with zero attached hydrogens (tertiary/aromatic N) is 2. The Hall–Kier alpha value is -3.56. The van der Waals surface area contributed by atoms with E-state index in [2.05, 4.69) is 16.0 Å². The molecule has 1 N–H and O–H groups in total. The van der Waals surface area contributed by atoms with E-state index in [4.69, 9.17) is 37.9 Å². The minimum absolute atomic E-state index is 0.192. The van der Waals surface area contributed by atoms with Crippen molar-refractivity contribution in [3.8, 4) is 0 Å². The Morgan fingerprint density at radius 3 is 1.69 bits per heavy atom. The molecular formula is C39H50N2O11. The van der Waals surface area contributed by atoms with Crippen molar-refractivity contribution in [1.82, 2.24) is 9.97 Å². The van der Waals surface area contributed by atoms with Gasteiger partial charge in [0.1, 0.15) is 0 Å². The van der Waals surface area contributed by atoms with Crippen molar-refractivity contribution in [3.63, 3.8) is 0 Å². The summed E-state index contributed by atoms with van der Waals surface area (Å²) in [6.45, 7) is 3.29. The fourth-order valence-corrected chi connectivity index (χ4v) is 7.29. The lowest BCUT2D eigenvalue weighted by atomic mass is 9.80. The van der Waals surface area contributed by atoms with Gasteiger partial charge in [-0.3, -0.25) is 9.97 Å². The molecule has 1 atom stereocenters. The van der Waals surface area contributed by atoms with Crippen LogP contribution in [0.2, 0.25) is 0 Å². The molecule has 2 aromatic heterocycles. The molecule has 0 amide bonds. The van der Waals surface area contributed by atoms with E-state index >= 15 is 0 Å². The van der Waals surface area contributed by atoms with Gasteiger partial charge in [0.05, 0.1) is 74.4 Å². The van der Waals surface area contributed by atoms with Gasteiger partial charge in [-0.15, -0.1) is 0 Å². The second-order valence-electron chi connectivity index (χ2n) is 13.9. The highest BCUT2D eigenvalue weighted by Crippen LogP contribution is 2.44. The van der Waals surface area contributed by atoms with Crippen molar-refractivity contribution >= 4 is 24.1 Å². The fourth-order valence-electron chi connectivity index (χ4n) is 7.29. The number of pyridine rings is 2. The zero-order valence-corrected chi connectivity index (χ0v) is 30.1. The molecule has 52 heavy (non-hydrogen) atoms. The molecule has 1 unspecified atom stereocenters. The molecule has 7 rings (SSSR count). The number of aliphatic hydroxyl groups is 1. The predicted octanol–water partition coefficient (Wildman–Crippen LogP) is 5.41. The SMILES string of the molecule is COC(=O)c1ccnc(/C=C/C2(O)CCC3(CC2)OCCO3)c1.COC(=O)c1ccnc(/C=C/C2(OC3CCCCO3)CCC3(CC2)OCCO3)c1. The van der Waals surface area contributed by atoms with Crippen LogP contribution in [0.5, 0.6) is 0 Å². The topological polar surface area (TPSA) is 154 Å². The summed E-state index contributed by atoms with van der Waals surface area (Å²) >= 11 is 0. The molecule has 2 saturated carbocycles. The van der Waals surface area contributed by atoms with Crippen molar-refractivity contribution in [1.29, 1.82) is 0 Å². The molecule has 0 aromatic carbocycles. The van der Waals surface area contributed by atoms with Gasteiger partial charge in [0, 0.05) is 44.7 Å².